The van der Waals surface area contributed by atoms with Crippen molar-refractivity contribution in [3.63, 3.8) is 0 Å². The van der Waals surface area contributed by atoms with Crippen LogP contribution >= 0.6 is 0 Å². The Bertz CT molecular complexity index is 760. The number of benzene rings is 1. The molecule has 2 aromatic rings. The van der Waals surface area contributed by atoms with E-state index in [1.807, 2.05) is 6.92 Å². The van der Waals surface area contributed by atoms with Gasteiger partial charge in [-0.05, 0) is 24.6 Å². The molecule has 0 aliphatic rings. The highest BCUT2D eigenvalue weighted by molar-refractivity contribution is 6.05. The zero-order chi connectivity index (χ0) is 18.4. The SMILES string of the molecule is CCCCN(C)C(=O)c1cncc(C(=O)Nc2c(F)cccc2F)c1. The fourth-order valence-electron chi connectivity index (χ4n) is 2.20. The average molecular weight is 347 g/mol. The van der Waals surface area contributed by atoms with Crippen LogP contribution in [0, 0.1) is 11.6 Å². The van der Waals surface area contributed by atoms with E-state index in [0.717, 1.165) is 25.0 Å². The molecular formula is C18H19F2N3O2. The number of rotatable bonds is 6. The Morgan fingerprint density at radius 2 is 1.80 bits per heavy atom. The molecule has 1 N–H and O–H groups in total. The summed E-state index contributed by atoms with van der Waals surface area (Å²) < 4.78 is 27.3. The molecule has 132 valence electrons. The molecule has 7 heteroatoms. The van der Waals surface area contributed by atoms with E-state index >= 15 is 0 Å². The van der Waals surface area contributed by atoms with Crippen LogP contribution in [0.25, 0.3) is 0 Å². The van der Waals surface area contributed by atoms with E-state index < -0.39 is 23.2 Å². The molecule has 1 aromatic heterocycles. The number of amides is 2. The van der Waals surface area contributed by atoms with Gasteiger partial charge in [0.1, 0.15) is 17.3 Å². The lowest BCUT2D eigenvalue weighted by molar-refractivity contribution is 0.0793. The highest BCUT2D eigenvalue weighted by atomic mass is 19.1. The Balaban J connectivity index is 2.18. The molecule has 0 aliphatic carbocycles. The minimum absolute atomic E-state index is 0.0393. The molecule has 0 fully saturated rings. The van der Waals surface area contributed by atoms with Gasteiger partial charge in [-0.1, -0.05) is 19.4 Å². The largest absolute Gasteiger partial charge is 0.342 e. The molecule has 5 nitrogen and oxygen atoms in total. The van der Waals surface area contributed by atoms with Crippen molar-refractivity contribution in [2.45, 2.75) is 19.8 Å². The smallest absolute Gasteiger partial charge is 0.257 e. The van der Waals surface area contributed by atoms with Gasteiger partial charge < -0.3 is 10.2 Å². The number of unbranched alkanes of at least 4 members (excludes halogenated alkanes) is 1. The highest BCUT2D eigenvalue weighted by Crippen LogP contribution is 2.19. The lowest BCUT2D eigenvalue weighted by atomic mass is 10.1. The van der Waals surface area contributed by atoms with Crippen molar-refractivity contribution in [2.75, 3.05) is 18.9 Å². The van der Waals surface area contributed by atoms with Crippen LogP contribution in [0.2, 0.25) is 0 Å². The minimum atomic E-state index is -0.882. The monoisotopic (exact) mass is 347 g/mol. The number of carbonyl (C=O) groups excluding carboxylic acids is 2. The molecule has 0 radical (unpaired) electrons. The Hall–Kier alpha value is -2.83. The average Bonchev–Trinajstić information content (AvgIpc) is 2.62. The third kappa shape index (κ3) is 4.59. The first-order valence-electron chi connectivity index (χ1n) is 7.90. The number of hydrogen-bond donors (Lipinski definition) is 1. The predicted octanol–water partition coefficient (Wildman–Crippen LogP) is 3.48. The first kappa shape index (κ1) is 18.5. The first-order chi connectivity index (χ1) is 11.9. The molecule has 1 heterocycles. The normalized spacial score (nSPS) is 10.4. The van der Waals surface area contributed by atoms with Gasteiger partial charge in [-0.2, -0.15) is 0 Å². The molecule has 2 amide bonds. The Morgan fingerprint density at radius 1 is 1.16 bits per heavy atom. The fourth-order valence-corrected chi connectivity index (χ4v) is 2.20. The van der Waals surface area contributed by atoms with Crippen LogP contribution in [0.5, 0.6) is 0 Å². The van der Waals surface area contributed by atoms with Gasteiger partial charge in [0.2, 0.25) is 0 Å². The van der Waals surface area contributed by atoms with Gasteiger partial charge in [-0.3, -0.25) is 14.6 Å². The Labute approximate surface area is 144 Å². The van der Waals surface area contributed by atoms with Crippen LogP contribution in [0.1, 0.15) is 40.5 Å². The molecule has 1 aromatic carbocycles. The van der Waals surface area contributed by atoms with Crippen LogP contribution in [-0.4, -0.2) is 35.3 Å². The van der Waals surface area contributed by atoms with Gasteiger partial charge in [0.05, 0.1) is 11.1 Å². The molecule has 0 atom stereocenters. The molecule has 25 heavy (non-hydrogen) atoms. The highest BCUT2D eigenvalue weighted by Gasteiger charge is 2.17. The van der Waals surface area contributed by atoms with Gasteiger partial charge in [-0.15, -0.1) is 0 Å². The summed E-state index contributed by atoms with van der Waals surface area (Å²) in [7, 11) is 1.67. The third-order valence-corrected chi connectivity index (χ3v) is 3.64. The number of carbonyl (C=O) groups is 2. The van der Waals surface area contributed by atoms with E-state index in [9.17, 15) is 18.4 Å². The quantitative estimate of drug-likeness (QED) is 0.870. The van der Waals surface area contributed by atoms with Crippen molar-refractivity contribution in [1.82, 2.24) is 9.88 Å². The van der Waals surface area contributed by atoms with Crippen molar-refractivity contribution in [3.05, 3.63) is 59.4 Å². The molecule has 0 saturated carbocycles. The summed E-state index contributed by atoms with van der Waals surface area (Å²) in [5, 5.41) is 2.17. The Morgan fingerprint density at radius 3 is 2.44 bits per heavy atom. The van der Waals surface area contributed by atoms with Crippen LogP contribution < -0.4 is 5.32 Å². The number of anilines is 1. The zero-order valence-corrected chi connectivity index (χ0v) is 14.1. The summed E-state index contributed by atoms with van der Waals surface area (Å²) in [6.07, 6.45) is 4.40. The van der Waals surface area contributed by atoms with Gasteiger partial charge in [0.25, 0.3) is 11.8 Å². The van der Waals surface area contributed by atoms with E-state index in [1.165, 1.54) is 24.5 Å². The number of hydrogen-bond acceptors (Lipinski definition) is 3. The number of halogens is 2. The second-order valence-electron chi connectivity index (χ2n) is 5.59. The molecular weight excluding hydrogens is 328 g/mol. The number of nitrogens with one attached hydrogen (secondary N) is 1. The number of nitrogens with zero attached hydrogens (tertiary/aromatic N) is 2. The van der Waals surface area contributed by atoms with E-state index in [1.54, 1.807) is 11.9 Å². The predicted molar refractivity (Wildman–Crippen MR) is 90.4 cm³/mol. The maximum Gasteiger partial charge on any atom is 0.257 e. The molecule has 0 bridgehead atoms. The number of para-hydroxylation sites is 1. The van der Waals surface area contributed by atoms with Gasteiger partial charge in [-0.25, -0.2) is 8.78 Å². The van der Waals surface area contributed by atoms with Crippen molar-refractivity contribution >= 4 is 17.5 Å². The second-order valence-corrected chi connectivity index (χ2v) is 5.59. The fraction of sp³-hybridized carbons (Fsp3) is 0.278. The molecule has 0 aliphatic heterocycles. The van der Waals surface area contributed by atoms with Crippen LogP contribution in [0.4, 0.5) is 14.5 Å². The summed E-state index contributed by atoms with van der Waals surface area (Å²) in [5.41, 5.74) is -0.262. The van der Waals surface area contributed by atoms with E-state index in [2.05, 4.69) is 10.3 Å². The molecule has 0 unspecified atom stereocenters. The summed E-state index contributed by atoms with van der Waals surface area (Å²) >= 11 is 0. The van der Waals surface area contributed by atoms with Crippen molar-refractivity contribution in [3.8, 4) is 0 Å². The summed E-state index contributed by atoms with van der Waals surface area (Å²) in [6, 6.07) is 4.64. The molecule has 0 spiro atoms. The molecule has 2 rings (SSSR count). The lowest BCUT2D eigenvalue weighted by Crippen LogP contribution is -2.28. The molecule has 0 saturated heterocycles. The minimum Gasteiger partial charge on any atom is -0.342 e. The maximum absolute atomic E-state index is 13.6. The van der Waals surface area contributed by atoms with Crippen LogP contribution in [0.3, 0.4) is 0 Å². The summed E-state index contributed by atoms with van der Waals surface area (Å²) in [4.78, 5) is 30.0. The van der Waals surface area contributed by atoms with Crippen LogP contribution in [-0.2, 0) is 0 Å². The van der Waals surface area contributed by atoms with Crippen molar-refractivity contribution < 1.29 is 18.4 Å². The second kappa shape index (κ2) is 8.32. The zero-order valence-electron chi connectivity index (χ0n) is 14.1. The number of pyridine rings is 1. The third-order valence-electron chi connectivity index (χ3n) is 3.64. The van der Waals surface area contributed by atoms with Gasteiger partial charge >= 0.3 is 0 Å². The van der Waals surface area contributed by atoms with E-state index in [-0.39, 0.29) is 17.0 Å². The van der Waals surface area contributed by atoms with Crippen LogP contribution in [0.15, 0.2) is 36.7 Å². The standard InChI is InChI=1S/C18H19F2N3O2/c1-3-4-8-23(2)18(25)13-9-12(10-21-11-13)17(24)22-16-14(19)6-5-7-15(16)20/h5-7,9-11H,3-4,8H2,1-2H3,(H,22,24). The maximum atomic E-state index is 13.6. The number of aromatic nitrogens is 1. The Kier molecular flexibility index (Phi) is 6.16. The topological polar surface area (TPSA) is 62.3 Å². The van der Waals surface area contributed by atoms with Gasteiger partial charge in [0, 0.05) is 26.0 Å². The van der Waals surface area contributed by atoms with E-state index in [4.69, 9.17) is 0 Å². The van der Waals surface area contributed by atoms with Crippen molar-refractivity contribution in [2.24, 2.45) is 0 Å². The summed E-state index contributed by atoms with van der Waals surface area (Å²) in [6.45, 7) is 2.61. The van der Waals surface area contributed by atoms with Gasteiger partial charge in [0.15, 0.2) is 0 Å². The summed E-state index contributed by atoms with van der Waals surface area (Å²) in [5.74, 6) is -2.78. The lowest BCUT2D eigenvalue weighted by Gasteiger charge is -2.16. The van der Waals surface area contributed by atoms with Crippen molar-refractivity contribution in [1.29, 1.82) is 0 Å². The first-order valence-corrected chi connectivity index (χ1v) is 7.90. The van der Waals surface area contributed by atoms with E-state index in [0.29, 0.717) is 6.54 Å².